The molecule has 0 amide bonds. The molecule has 1 aromatic carbocycles. The number of hydrogen-bond donors (Lipinski definition) is 1. The van der Waals surface area contributed by atoms with Gasteiger partial charge in [0, 0.05) is 12.1 Å². The van der Waals surface area contributed by atoms with E-state index in [0.29, 0.717) is 11.5 Å². The zero-order valence-corrected chi connectivity index (χ0v) is 11.7. The van der Waals surface area contributed by atoms with Gasteiger partial charge in [-0.1, -0.05) is 32.4 Å². The van der Waals surface area contributed by atoms with Crippen molar-refractivity contribution >= 4 is 0 Å². The van der Waals surface area contributed by atoms with Gasteiger partial charge in [-0.2, -0.15) is 0 Å². The van der Waals surface area contributed by atoms with Crippen LogP contribution >= 0.6 is 0 Å². The van der Waals surface area contributed by atoms with Crippen LogP contribution in [0, 0.1) is 11.2 Å². The number of rotatable bonds is 3. The third-order valence-corrected chi connectivity index (χ3v) is 4.04. The Kier molecular flexibility index (Phi) is 4.06. The highest BCUT2D eigenvalue weighted by atomic mass is 19.1. The van der Waals surface area contributed by atoms with Gasteiger partial charge >= 0.3 is 0 Å². The van der Waals surface area contributed by atoms with E-state index in [1.165, 1.54) is 31.7 Å². The van der Waals surface area contributed by atoms with E-state index in [4.69, 9.17) is 0 Å². The minimum Gasteiger partial charge on any atom is -0.307 e. The second-order valence-electron chi connectivity index (χ2n) is 6.40. The van der Waals surface area contributed by atoms with Crippen molar-refractivity contribution in [3.8, 4) is 0 Å². The first kappa shape index (κ1) is 13.5. The van der Waals surface area contributed by atoms with Crippen LogP contribution in [0.25, 0.3) is 0 Å². The molecule has 0 spiro atoms. The number of halogens is 1. The summed E-state index contributed by atoms with van der Waals surface area (Å²) in [5.74, 6) is -0.148. The smallest absolute Gasteiger partial charge is 0.123 e. The van der Waals surface area contributed by atoms with Gasteiger partial charge in [-0.3, -0.25) is 0 Å². The Hall–Kier alpha value is -0.890. The van der Waals surface area contributed by atoms with Crippen molar-refractivity contribution in [3.05, 3.63) is 35.6 Å². The van der Waals surface area contributed by atoms with Crippen LogP contribution in [0.3, 0.4) is 0 Å². The fourth-order valence-electron chi connectivity index (χ4n) is 3.07. The minimum absolute atomic E-state index is 0.148. The van der Waals surface area contributed by atoms with Gasteiger partial charge in [-0.25, -0.2) is 4.39 Å². The molecule has 2 rings (SSSR count). The molecule has 0 saturated heterocycles. The molecule has 0 aliphatic heterocycles. The van der Waals surface area contributed by atoms with Crippen LogP contribution in [-0.4, -0.2) is 6.04 Å². The maximum absolute atomic E-state index is 13.2. The van der Waals surface area contributed by atoms with Crippen molar-refractivity contribution in [2.24, 2.45) is 5.41 Å². The van der Waals surface area contributed by atoms with Crippen molar-refractivity contribution in [2.45, 2.75) is 58.5 Å². The van der Waals surface area contributed by atoms with Crippen molar-refractivity contribution < 1.29 is 4.39 Å². The summed E-state index contributed by atoms with van der Waals surface area (Å²) < 4.78 is 13.2. The second-order valence-corrected chi connectivity index (χ2v) is 6.40. The summed E-state index contributed by atoms with van der Waals surface area (Å²) in [6.07, 6.45) is 5.07. The number of hydrogen-bond acceptors (Lipinski definition) is 1. The normalized spacial score (nSPS) is 24.8. The summed E-state index contributed by atoms with van der Waals surface area (Å²) in [6, 6.07) is 7.69. The summed E-state index contributed by atoms with van der Waals surface area (Å²) in [5, 5.41) is 3.65. The molecular formula is C16H24FN. The molecule has 100 valence electrons. The summed E-state index contributed by atoms with van der Waals surface area (Å²) in [4.78, 5) is 0. The lowest BCUT2D eigenvalue weighted by atomic mass is 9.75. The van der Waals surface area contributed by atoms with Gasteiger partial charge < -0.3 is 5.32 Å². The first-order valence-electron chi connectivity index (χ1n) is 6.98. The van der Waals surface area contributed by atoms with E-state index >= 15 is 0 Å². The molecule has 0 aromatic heterocycles. The Morgan fingerprint density at radius 3 is 2.83 bits per heavy atom. The molecule has 1 aliphatic carbocycles. The molecule has 1 aliphatic rings. The molecular weight excluding hydrogens is 225 g/mol. The standard InChI is InChI=1S/C16H24FN/c1-12(13-6-4-7-14(17)10-13)18-15-8-5-9-16(2,3)11-15/h4,6-7,10,12,15,18H,5,8-9,11H2,1-3H3/t12-,15?/m1/s1. The Morgan fingerprint density at radius 1 is 1.39 bits per heavy atom. The summed E-state index contributed by atoms with van der Waals surface area (Å²) >= 11 is 0. The lowest BCUT2D eigenvalue weighted by molar-refractivity contribution is 0.191. The van der Waals surface area contributed by atoms with Gasteiger partial charge in [-0.15, -0.1) is 0 Å². The van der Waals surface area contributed by atoms with E-state index in [2.05, 4.69) is 26.1 Å². The van der Waals surface area contributed by atoms with Gasteiger partial charge in [0.2, 0.25) is 0 Å². The molecule has 1 N–H and O–H groups in total. The fraction of sp³-hybridized carbons (Fsp3) is 0.625. The van der Waals surface area contributed by atoms with Crippen molar-refractivity contribution in [2.75, 3.05) is 0 Å². The van der Waals surface area contributed by atoms with Crippen LogP contribution in [0.5, 0.6) is 0 Å². The molecule has 1 fully saturated rings. The molecule has 0 heterocycles. The quantitative estimate of drug-likeness (QED) is 0.834. The Morgan fingerprint density at radius 2 is 2.17 bits per heavy atom. The summed E-state index contributed by atoms with van der Waals surface area (Å²) in [6.45, 7) is 6.80. The van der Waals surface area contributed by atoms with E-state index < -0.39 is 0 Å². The highest BCUT2D eigenvalue weighted by Gasteiger charge is 2.28. The van der Waals surface area contributed by atoms with Crippen LogP contribution in [0.1, 0.15) is 58.1 Å². The molecule has 1 unspecified atom stereocenters. The topological polar surface area (TPSA) is 12.0 Å². The van der Waals surface area contributed by atoms with Gasteiger partial charge in [0.05, 0.1) is 0 Å². The van der Waals surface area contributed by atoms with Crippen molar-refractivity contribution in [3.63, 3.8) is 0 Å². The average molecular weight is 249 g/mol. The summed E-state index contributed by atoms with van der Waals surface area (Å²) in [7, 11) is 0. The zero-order chi connectivity index (χ0) is 13.2. The van der Waals surface area contributed by atoms with Gasteiger partial charge in [0.1, 0.15) is 5.82 Å². The predicted octanol–water partition coefficient (Wildman–Crippen LogP) is 4.45. The zero-order valence-electron chi connectivity index (χ0n) is 11.7. The third-order valence-electron chi connectivity index (χ3n) is 4.04. The molecule has 0 radical (unpaired) electrons. The summed E-state index contributed by atoms with van der Waals surface area (Å²) in [5.41, 5.74) is 1.48. The van der Waals surface area contributed by atoms with E-state index in [0.717, 1.165) is 5.56 Å². The fourth-order valence-corrected chi connectivity index (χ4v) is 3.07. The lowest BCUT2D eigenvalue weighted by Crippen LogP contribution is -2.38. The maximum atomic E-state index is 13.2. The first-order chi connectivity index (χ1) is 8.46. The first-order valence-corrected chi connectivity index (χ1v) is 6.98. The van der Waals surface area contributed by atoms with Crippen LogP contribution in [0.15, 0.2) is 24.3 Å². The minimum atomic E-state index is -0.148. The maximum Gasteiger partial charge on any atom is 0.123 e. The highest BCUT2D eigenvalue weighted by molar-refractivity contribution is 5.19. The molecule has 2 atom stereocenters. The SMILES string of the molecule is C[C@@H](NC1CCCC(C)(C)C1)c1cccc(F)c1. The highest BCUT2D eigenvalue weighted by Crippen LogP contribution is 2.35. The molecule has 1 nitrogen and oxygen atoms in total. The van der Waals surface area contributed by atoms with Gasteiger partial charge in [0.25, 0.3) is 0 Å². The molecule has 1 aromatic rings. The average Bonchev–Trinajstić information content (AvgIpc) is 2.27. The Balaban J connectivity index is 1.97. The molecule has 1 saturated carbocycles. The third kappa shape index (κ3) is 3.55. The van der Waals surface area contributed by atoms with Gasteiger partial charge in [-0.05, 0) is 49.3 Å². The van der Waals surface area contributed by atoms with Crippen LogP contribution in [-0.2, 0) is 0 Å². The lowest BCUT2D eigenvalue weighted by Gasteiger charge is -2.37. The van der Waals surface area contributed by atoms with E-state index in [9.17, 15) is 4.39 Å². The monoisotopic (exact) mass is 249 g/mol. The van der Waals surface area contributed by atoms with Gasteiger partial charge in [0.15, 0.2) is 0 Å². The van der Waals surface area contributed by atoms with Crippen LogP contribution in [0.2, 0.25) is 0 Å². The van der Waals surface area contributed by atoms with Crippen LogP contribution in [0.4, 0.5) is 4.39 Å². The number of nitrogens with one attached hydrogen (secondary N) is 1. The van der Waals surface area contributed by atoms with Crippen LogP contribution < -0.4 is 5.32 Å². The van der Waals surface area contributed by atoms with Crippen molar-refractivity contribution in [1.82, 2.24) is 5.32 Å². The largest absolute Gasteiger partial charge is 0.307 e. The molecule has 2 heteroatoms. The molecule has 18 heavy (non-hydrogen) atoms. The van der Waals surface area contributed by atoms with E-state index in [1.807, 2.05) is 6.07 Å². The Labute approximate surface area is 110 Å². The molecule has 0 bridgehead atoms. The Bertz CT molecular complexity index is 400. The predicted molar refractivity (Wildman–Crippen MR) is 74.0 cm³/mol. The second kappa shape index (κ2) is 5.40. The van der Waals surface area contributed by atoms with E-state index in [1.54, 1.807) is 12.1 Å². The van der Waals surface area contributed by atoms with Crippen molar-refractivity contribution in [1.29, 1.82) is 0 Å². The number of benzene rings is 1. The van der Waals surface area contributed by atoms with E-state index in [-0.39, 0.29) is 11.9 Å².